The second-order valence-electron chi connectivity index (χ2n) is 6.35. The van der Waals surface area contributed by atoms with E-state index in [0.717, 1.165) is 32.7 Å². The van der Waals surface area contributed by atoms with Gasteiger partial charge in [0.2, 0.25) is 0 Å². The van der Waals surface area contributed by atoms with Crippen LogP contribution in [0.1, 0.15) is 5.56 Å². The lowest BCUT2D eigenvalue weighted by Crippen LogP contribution is -2.00. The number of nitrogens with zero attached hydrogens (tertiary/aromatic N) is 3. The summed E-state index contributed by atoms with van der Waals surface area (Å²) in [5.74, 6) is 2.12. The third-order valence-electron chi connectivity index (χ3n) is 4.46. The maximum Gasteiger partial charge on any atom is 0.196 e. The number of benzene rings is 3. The number of ether oxygens (including phenoxy) is 1. The van der Waals surface area contributed by atoms with E-state index in [1.807, 2.05) is 59.2 Å². The minimum Gasteiger partial charge on any atom is -0.497 e. The van der Waals surface area contributed by atoms with Crippen molar-refractivity contribution in [2.75, 3.05) is 7.11 Å². The quantitative estimate of drug-likeness (QED) is 0.276. The van der Waals surface area contributed by atoms with E-state index in [9.17, 15) is 0 Å². The number of hydrogen-bond donors (Lipinski definition) is 0. The van der Waals surface area contributed by atoms with E-state index < -0.39 is 0 Å². The summed E-state index contributed by atoms with van der Waals surface area (Å²) in [4.78, 5) is 0. The van der Waals surface area contributed by atoms with Crippen molar-refractivity contribution < 1.29 is 4.74 Å². The first-order valence-corrected chi connectivity index (χ1v) is 11.1. The molecule has 0 aliphatic heterocycles. The maximum absolute atomic E-state index is 6.31. The molecule has 0 bridgehead atoms. The molecule has 0 amide bonds. The zero-order chi connectivity index (χ0) is 21.1. The van der Waals surface area contributed by atoms with Gasteiger partial charge < -0.3 is 4.74 Å². The second kappa shape index (κ2) is 9.31. The molecule has 0 aliphatic rings. The molecule has 3 aromatic carbocycles. The van der Waals surface area contributed by atoms with Crippen molar-refractivity contribution in [1.29, 1.82) is 0 Å². The Labute approximate surface area is 193 Å². The summed E-state index contributed by atoms with van der Waals surface area (Å²) in [6, 6.07) is 20.9. The molecule has 0 spiro atoms. The molecule has 0 unspecified atom stereocenters. The van der Waals surface area contributed by atoms with Crippen LogP contribution < -0.4 is 4.74 Å². The number of aromatic nitrogens is 3. The minimum atomic E-state index is 0.464. The Morgan fingerprint density at radius 2 is 1.63 bits per heavy atom. The summed E-state index contributed by atoms with van der Waals surface area (Å²) >= 11 is 20.3. The largest absolute Gasteiger partial charge is 0.497 e. The zero-order valence-electron chi connectivity index (χ0n) is 15.8. The lowest BCUT2D eigenvalue weighted by Gasteiger charge is -2.12. The molecule has 30 heavy (non-hydrogen) atoms. The van der Waals surface area contributed by atoms with Crippen LogP contribution in [0.5, 0.6) is 5.75 Å². The molecule has 0 fully saturated rings. The standard InChI is InChI=1S/C22H16Cl3N3OS/c1-29-17-9-6-14(7-10-17)21-26-27-22(30-13-15-4-2-3-5-18(15)23)28(21)16-8-11-19(24)20(25)12-16/h2-12H,13H2,1H3. The summed E-state index contributed by atoms with van der Waals surface area (Å²) in [5.41, 5.74) is 2.75. The molecular weight excluding hydrogens is 461 g/mol. The molecule has 0 saturated heterocycles. The lowest BCUT2D eigenvalue weighted by molar-refractivity contribution is 0.415. The van der Waals surface area contributed by atoms with Crippen molar-refractivity contribution in [3.8, 4) is 22.8 Å². The van der Waals surface area contributed by atoms with Crippen LogP contribution in [0, 0.1) is 0 Å². The molecule has 1 heterocycles. The van der Waals surface area contributed by atoms with Gasteiger partial charge in [-0.2, -0.15) is 0 Å². The van der Waals surface area contributed by atoms with Crippen molar-refractivity contribution in [3.05, 3.63) is 87.4 Å². The molecule has 0 aliphatic carbocycles. The van der Waals surface area contributed by atoms with E-state index in [-0.39, 0.29) is 0 Å². The van der Waals surface area contributed by atoms with Crippen LogP contribution in [-0.2, 0) is 5.75 Å². The van der Waals surface area contributed by atoms with E-state index in [0.29, 0.717) is 21.6 Å². The molecule has 4 rings (SSSR count). The fourth-order valence-electron chi connectivity index (χ4n) is 2.91. The average molecular weight is 477 g/mol. The third kappa shape index (κ3) is 4.44. The monoisotopic (exact) mass is 475 g/mol. The Hall–Kier alpha value is -2.18. The van der Waals surface area contributed by atoms with Crippen molar-refractivity contribution in [2.24, 2.45) is 0 Å². The Balaban J connectivity index is 1.76. The Kier molecular flexibility index (Phi) is 6.54. The van der Waals surface area contributed by atoms with Gasteiger partial charge in [0.05, 0.1) is 22.8 Å². The Morgan fingerprint density at radius 1 is 0.867 bits per heavy atom. The van der Waals surface area contributed by atoms with Gasteiger partial charge in [0.25, 0.3) is 0 Å². The molecular formula is C22H16Cl3N3OS. The summed E-state index contributed by atoms with van der Waals surface area (Å²) in [5, 5.41) is 11.3. The SMILES string of the molecule is COc1ccc(-c2nnc(SCc3ccccc3Cl)n2-c2ccc(Cl)c(Cl)c2)cc1. The number of hydrogen-bond acceptors (Lipinski definition) is 4. The number of halogens is 3. The van der Waals surface area contributed by atoms with Gasteiger partial charge in [-0.15, -0.1) is 10.2 Å². The normalized spacial score (nSPS) is 10.9. The van der Waals surface area contributed by atoms with Gasteiger partial charge in [0.1, 0.15) is 5.75 Å². The van der Waals surface area contributed by atoms with Crippen molar-refractivity contribution in [2.45, 2.75) is 10.9 Å². The second-order valence-corrected chi connectivity index (χ2v) is 8.51. The first kappa shape index (κ1) is 21.1. The first-order valence-electron chi connectivity index (χ1n) is 8.98. The third-order valence-corrected chi connectivity index (χ3v) is 6.54. The highest BCUT2D eigenvalue weighted by Crippen LogP contribution is 2.33. The predicted octanol–water partition coefficient (Wildman–Crippen LogP) is 7.20. The van der Waals surface area contributed by atoms with E-state index in [1.54, 1.807) is 31.0 Å². The van der Waals surface area contributed by atoms with Gasteiger partial charge in [0.15, 0.2) is 11.0 Å². The van der Waals surface area contributed by atoms with Crippen molar-refractivity contribution in [1.82, 2.24) is 14.8 Å². The van der Waals surface area contributed by atoms with Crippen LogP contribution in [0.25, 0.3) is 17.1 Å². The summed E-state index contributed by atoms with van der Waals surface area (Å²) in [7, 11) is 1.64. The molecule has 152 valence electrons. The van der Waals surface area contributed by atoms with Gasteiger partial charge in [0, 0.05) is 16.3 Å². The molecule has 0 saturated carbocycles. The van der Waals surface area contributed by atoms with Gasteiger partial charge in [-0.3, -0.25) is 4.57 Å². The smallest absolute Gasteiger partial charge is 0.196 e. The highest BCUT2D eigenvalue weighted by atomic mass is 35.5. The highest BCUT2D eigenvalue weighted by molar-refractivity contribution is 7.98. The molecule has 4 aromatic rings. The molecule has 0 N–H and O–H groups in total. The number of thioether (sulfide) groups is 1. The van der Waals surface area contributed by atoms with Gasteiger partial charge in [-0.05, 0) is 54.1 Å². The highest BCUT2D eigenvalue weighted by Gasteiger charge is 2.17. The lowest BCUT2D eigenvalue weighted by atomic mass is 10.2. The minimum absolute atomic E-state index is 0.464. The van der Waals surface area contributed by atoms with Crippen LogP contribution in [0.4, 0.5) is 0 Å². The number of methoxy groups -OCH3 is 1. The van der Waals surface area contributed by atoms with Crippen molar-refractivity contribution >= 4 is 46.6 Å². The zero-order valence-corrected chi connectivity index (χ0v) is 18.9. The fourth-order valence-corrected chi connectivity index (χ4v) is 4.44. The summed E-state index contributed by atoms with van der Waals surface area (Å²) < 4.78 is 7.23. The molecule has 4 nitrogen and oxygen atoms in total. The van der Waals surface area contributed by atoms with Gasteiger partial charge >= 0.3 is 0 Å². The van der Waals surface area contributed by atoms with Crippen LogP contribution in [-0.4, -0.2) is 21.9 Å². The van der Waals surface area contributed by atoms with Gasteiger partial charge in [-0.1, -0.05) is 64.8 Å². The van der Waals surface area contributed by atoms with Crippen LogP contribution in [0.3, 0.4) is 0 Å². The molecule has 0 atom stereocenters. The van der Waals surface area contributed by atoms with Crippen LogP contribution in [0.2, 0.25) is 15.1 Å². The predicted molar refractivity (Wildman–Crippen MR) is 124 cm³/mol. The topological polar surface area (TPSA) is 39.9 Å². The van der Waals surface area contributed by atoms with Crippen LogP contribution in [0.15, 0.2) is 71.9 Å². The van der Waals surface area contributed by atoms with Crippen molar-refractivity contribution in [3.63, 3.8) is 0 Å². The van der Waals surface area contributed by atoms with E-state index in [1.165, 1.54) is 0 Å². The summed E-state index contributed by atoms with van der Waals surface area (Å²) in [6.07, 6.45) is 0. The summed E-state index contributed by atoms with van der Waals surface area (Å²) in [6.45, 7) is 0. The Bertz CT molecular complexity index is 1180. The molecule has 1 aromatic heterocycles. The van der Waals surface area contributed by atoms with E-state index >= 15 is 0 Å². The molecule has 0 radical (unpaired) electrons. The van der Waals surface area contributed by atoms with Gasteiger partial charge in [-0.25, -0.2) is 0 Å². The Morgan fingerprint density at radius 3 is 2.33 bits per heavy atom. The maximum atomic E-state index is 6.31. The van der Waals surface area contributed by atoms with E-state index in [2.05, 4.69) is 10.2 Å². The average Bonchev–Trinajstić information content (AvgIpc) is 3.19. The van der Waals surface area contributed by atoms with E-state index in [4.69, 9.17) is 39.5 Å². The van der Waals surface area contributed by atoms with Crippen LogP contribution >= 0.6 is 46.6 Å². The first-order chi connectivity index (χ1) is 14.6. The number of rotatable bonds is 6. The molecule has 8 heteroatoms. The fraction of sp³-hybridized carbons (Fsp3) is 0.0909.